The summed E-state index contributed by atoms with van der Waals surface area (Å²) in [4.78, 5) is 14.1. The van der Waals surface area contributed by atoms with E-state index in [1.54, 1.807) is 6.92 Å². The van der Waals surface area contributed by atoms with Crippen LogP contribution in [-0.2, 0) is 4.79 Å². The standard InChI is InChI=1S/C13H24N2O/c1-10(14)13(16)15-9-5-8-12(15)11-6-3-2-4-7-11/h10-12H,2-9,14H2,1H3/t10-,12?/m1/s1. The van der Waals surface area contributed by atoms with Crippen LogP contribution in [0.3, 0.4) is 0 Å². The summed E-state index contributed by atoms with van der Waals surface area (Å²) in [5.41, 5.74) is 5.72. The van der Waals surface area contributed by atoms with Crippen LogP contribution >= 0.6 is 0 Å². The van der Waals surface area contributed by atoms with E-state index in [1.807, 2.05) is 0 Å². The van der Waals surface area contributed by atoms with Gasteiger partial charge < -0.3 is 10.6 Å². The SMILES string of the molecule is C[C@@H](N)C(=O)N1CCCC1C1CCCCC1. The van der Waals surface area contributed by atoms with Gasteiger partial charge in [0.25, 0.3) is 0 Å². The lowest BCUT2D eigenvalue weighted by molar-refractivity contribution is -0.134. The van der Waals surface area contributed by atoms with E-state index in [-0.39, 0.29) is 11.9 Å². The van der Waals surface area contributed by atoms with Crippen molar-refractivity contribution in [2.45, 2.75) is 64.0 Å². The van der Waals surface area contributed by atoms with E-state index < -0.39 is 0 Å². The zero-order chi connectivity index (χ0) is 11.5. The average Bonchev–Trinajstić information content (AvgIpc) is 2.77. The highest BCUT2D eigenvalue weighted by molar-refractivity contribution is 5.81. The summed E-state index contributed by atoms with van der Waals surface area (Å²) < 4.78 is 0. The Morgan fingerprint density at radius 3 is 2.50 bits per heavy atom. The highest BCUT2D eigenvalue weighted by Crippen LogP contribution is 2.34. The molecule has 1 heterocycles. The highest BCUT2D eigenvalue weighted by Gasteiger charge is 2.35. The number of rotatable bonds is 2. The monoisotopic (exact) mass is 224 g/mol. The second-order valence-corrected chi connectivity index (χ2v) is 5.43. The van der Waals surface area contributed by atoms with Crippen molar-refractivity contribution in [2.24, 2.45) is 11.7 Å². The molecule has 1 aliphatic carbocycles. The summed E-state index contributed by atoms with van der Waals surface area (Å²) in [5.74, 6) is 0.909. The fraction of sp³-hybridized carbons (Fsp3) is 0.923. The van der Waals surface area contributed by atoms with E-state index in [1.165, 1.54) is 44.9 Å². The number of carbonyl (C=O) groups is 1. The maximum absolute atomic E-state index is 12.0. The van der Waals surface area contributed by atoms with E-state index in [0.717, 1.165) is 12.5 Å². The zero-order valence-corrected chi connectivity index (χ0v) is 10.3. The lowest BCUT2D eigenvalue weighted by Crippen LogP contribution is -2.47. The molecule has 1 unspecified atom stereocenters. The third-order valence-electron chi connectivity index (χ3n) is 4.17. The second kappa shape index (κ2) is 5.17. The van der Waals surface area contributed by atoms with Crippen molar-refractivity contribution in [3.8, 4) is 0 Å². The molecule has 1 aliphatic heterocycles. The molecule has 3 nitrogen and oxygen atoms in total. The minimum Gasteiger partial charge on any atom is -0.338 e. The van der Waals surface area contributed by atoms with Crippen molar-refractivity contribution in [1.29, 1.82) is 0 Å². The van der Waals surface area contributed by atoms with E-state index in [4.69, 9.17) is 5.73 Å². The molecule has 2 rings (SSSR count). The topological polar surface area (TPSA) is 46.3 Å². The molecule has 2 aliphatic rings. The van der Waals surface area contributed by atoms with Crippen LogP contribution in [-0.4, -0.2) is 29.4 Å². The molecule has 0 aromatic carbocycles. The molecule has 1 amide bonds. The fourth-order valence-corrected chi connectivity index (χ4v) is 3.34. The summed E-state index contributed by atoms with van der Waals surface area (Å²) in [7, 11) is 0. The number of likely N-dealkylation sites (tertiary alicyclic amines) is 1. The lowest BCUT2D eigenvalue weighted by Gasteiger charge is -2.34. The predicted molar refractivity (Wildman–Crippen MR) is 65.0 cm³/mol. The first-order chi connectivity index (χ1) is 7.70. The number of hydrogen-bond donors (Lipinski definition) is 1. The van der Waals surface area contributed by atoms with Gasteiger partial charge in [0.15, 0.2) is 0 Å². The third kappa shape index (κ3) is 2.40. The number of hydrogen-bond acceptors (Lipinski definition) is 2. The molecular formula is C13H24N2O. The Balaban J connectivity index is 1.99. The van der Waals surface area contributed by atoms with Gasteiger partial charge in [-0.3, -0.25) is 4.79 Å². The highest BCUT2D eigenvalue weighted by atomic mass is 16.2. The first-order valence-corrected chi connectivity index (χ1v) is 6.76. The Bertz CT molecular complexity index is 246. The molecule has 2 atom stereocenters. The third-order valence-corrected chi connectivity index (χ3v) is 4.17. The van der Waals surface area contributed by atoms with Crippen LogP contribution in [0.5, 0.6) is 0 Å². The summed E-state index contributed by atoms with van der Waals surface area (Å²) in [5, 5.41) is 0. The van der Waals surface area contributed by atoms with Gasteiger partial charge in [-0.2, -0.15) is 0 Å². The Labute approximate surface area is 98.4 Å². The van der Waals surface area contributed by atoms with Crippen molar-refractivity contribution in [3.05, 3.63) is 0 Å². The van der Waals surface area contributed by atoms with Gasteiger partial charge in [-0.05, 0) is 38.5 Å². The van der Waals surface area contributed by atoms with Crippen LogP contribution in [0.15, 0.2) is 0 Å². The number of carbonyl (C=O) groups excluding carboxylic acids is 1. The summed E-state index contributed by atoms with van der Waals surface area (Å²) >= 11 is 0. The molecule has 2 N–H and O–H groups in total. The largest absolute Gasteiger partial charge is 0.338 e. The fourth-order valence-electron chi connectivity index (χ4n) is 3.34. The van der Waals surface area contributed by atoms with Crippen LogP contribution in [0.1, 0.15) is 51.9 Å². The molecule has 0 radical (unpaired) electrons. The minimum absolute atomic E-state index is 0.160. The van der Waals surface area contributed by atoms with Crippen molar-refractivity contribution in [3.63, 3.8) is 0 Å². The number of nitrogens with zero attached hydrogens (tertiary/aromatic N) is 1. The van der Waals surface area contributed by atoms with E-state index in [2.05, 4.69) is 4.90 Å². The van der Waals surface area contributed by atoms with Gasteiger partial charge >= 0.3 is 0 Å². The smallest absolute Gasteiger partial charge is 0.239 e. The Morgan fingerprint density at radius 2 is 1.88 bits per heavy atom. The van der Waals surface area contributed by atoms with Crippen LogP contribution < -0.4 is 5.73 Å². The Kier molecular flexibility index (Phi) is 3.85. The van der Waals surface area contributed by atoms with Gasteiger partial charge in [0.05, 0.1) is 6.04 Å². The molecule has 0 aromatic rings. The summed E-state index contributed by atoms with van der Waals surface area (Å²) in [6.45, 7) is 2.74. The molecule has 1 saturated heterocycles. The average molecular weight is 224 g/mol. The predicted octanol–water partition coefficient (Wildman–Crippen LogP) is 1.90. The summed E-state index contributed by atoms with van der Waals surface area (Å²) in [6.07, 6.45) is 9.07. The molecule has 2 fully saturated rings. The number of nitrogens with two attached hydrogens (primary N) is 1. The Morgan fingerprint density at radius 1 is 1.19 bits per heavy atom. The van der Waals surface area contributed by atoms with Crippen LogP contribution in [0.4, 0.5) is 0 Å². The summed E-state index contributed by atoms with van der Waals surface area (Å²) in [6, 6.07) is 0.169. The van der Waals surface area contributed by atoms with Gasteiger partial charge in [0.1, 0.15) is 0 Å². The first kappa shape index (κ1) is 11.9. The van der Waals surface area contributed by atoms with Crippen LogP contribution in [0.2, 0.25) is 0 Å². The van der Waals surface area contributed by atoms with E-state index >= 15 is 0 Å². The molecule has 16 heavy (non-hydrogen) atoms. The van der Waals surface area contributed by atoms with Crippen molar-refractivity contribution in [2.75, 3.05) is 6.54 Å². The maximum Gasteiger partial charge on any atom is 0.239 e. The van der Waals surface area contributed by atoms with Crippen LogP contribution in [0.25, 0.3) is 0 Å². The lowest BCUT2D eigenvalue weighted by atomic mass is 9.83. The van der Waals surface area contributed by atoms with Gasteiger partial charge in [0.2, 0.25) is 5.91 Å². The minimum atomic E-state index is -0.329. The molecule has 92 valence electrons. The normalized spacial score (nSPS) is 29.4. The van der Waals surface area contributed by atoms with E-state index in [0.29, 0.717) is 6.04 Å². The molecule has 0 aromatic heterocycles. The zero-order valence-electron chi connectivity index (χ0n) is 10.3. The van der Waals surface area contributed by atoms with Crippen molar-refractivity contribution in [1.82, 2.24) is 4.90 Å². The second-order valence-electron chi connectivity index (χ2n) is 5.43. The first-order valence-electron chi connectivity index (χ1n) is 6.76. The van der Waals surface area contributed by atoms with E-state index in [9.17, 15) is 4.79 Å². The van der Waals surface area contributed by atoms with Gasteiger partial charge in [-0.25, -0.2) is 0 Å². The van der Waals surface area contributed by atoms with Gasteiger partial charge in [-0.1, -0.05) is 19.3 Å². The molecule has 3 heteroatoms. The molecule has 0 bridgehead atoms. The quantitative estimate of drug-likeness (QED) is 0.778. The Hall–Kier alpha value is -0.570. The van der Waals surface area contributed by atoms with Crippen molar-refractivity contribution < 1.29 is 4.79 Å². The van der Waals surface area contributed by atoms with Gasteiger partial charge in [0, 0.05) is 12.6 Å². The van der Waals surface area contributed by atoms with Crippen LogP contribution in [0, 0.1) is 5.92 Å². The van der Waals surface area contributed by atoms with Crippen molar-refractivity contribution >= 4 is 5.91 Å². The van der Waals surface area contributed by atoms with Gasteiger partial charge in [-0.15, -0.1) is 0 Å². The number of amides is 1. The molecule has 0 spiro atoms. The molecule has 1 saturated carbocycles. The molecular weight excluding hydrogens is 200 g/mol. The maximum atomic E-state index is 12.0.